The van der Waals surface area contributed by atoms with Gasteiger partial charge in [0.25, 0.3) is 5.89 Å². The Morgan fingerprint density at radius 2 is 2.09 bits per heavy atom. The zero-order chi connectivity index (χ0) is 15.7. The van der Waals surface area contributed by atoms with Crippen LogP contribution in [0.4, 0.5) is 5.13 Å². The molecule has 0 amide bonds. The third-order valence-electron chi connectivity index (χ3n) is 3.16. The van der Waals surface area contributed by atoms with Crippen LogP contribution in [0.1, 0.15) is 25.5 Å². The van der Waals surface area contributed by atoms with E-state index in [0.717, 1.165) is 21.9 Å². The van der Waals surface area contributed by atoms with Crippen LogP contribution in [-0.2, 0) is 0 Å². The lowest BCUT2D eigenvalue weighted by Crippen LogP contribution is -1.91. The maximum absolute atomic E-state index is 5.81. The number of nitrogens with zero attached hydrogens (tertiary/aromatic N) is 3. The summed E-state index contributed by atoms with van der Waals surface area (Å²) >= 11 is 1.36. The van der Waals surface area contributed by atoms with Gasteiger partial charge in [-0.05, 0) is 18.1 Å². The molecule has 6 nitrogen and oxygen atoms in total. The fourth-order valence-electron chi connectivity index (χ4n) is 2.09. The van der Waals surface area contributed by atoms with Crippen LogP contribution in [0.2, 0.25) is 0 Å². The van der Waals surface area contributed by atoms with E-state index in [-0.39, 0.29) is 5.92 Å². The summed E-state index contributed by atoms with van der Waals surface area (Å²) in [6.07, 6.45) is 0. The Balaban J connectivity index is 2.00. The number of anilines is 1. The number of rotatable bonds is 4. The highest BCUT2D eigenvalue weighted by Crippen LogP contribution is 2.35. The summed E-state index contributed by atoms with van der Waals surface area (Å²) in [5.74, 6) is 1.93. The van der Waals surface area contributed by atoms with E-state index in [9.17, 15) is 0 Å². The molecule has 0 saturated carbocycles. The van der Waals surface area contributed by atoms with Crippen molar-refractivity contribution < 1.29 is 9.26 Å². The first-order valence-electron chi connectivity index (χ1n) is 6.83. The van der Waals surface area contributed by atoms with Gasteiger partial charge in [-0.3, -0.25) is 0 Å². The van der Waals surface area contributed by atoms with E-state index in [1.165, 1.54) is 11.3 Å². The van der Waals surface area contributed by atoms with Crippen LogP contribution in [-0.4, -0.2) is 22.2 Å². The van der Waals surface area contributed by atoms with Gasteiger partial charge in [0.15, 0.2) is 5.13 Å². The van der Waals surface area contributed by atoms with Crippen LogP contribution >= 0.6 is 11.3 Å². The number of ether oxygens (including phenoxy) is 1. The molecule has 22 heavy (non-hydrogen) atoms. The fourth-order valence-corrected chi connectivity index (χ4v) is 3.00. The maximum atomic E-state index is 5.81. The summed E-state index contributed by atoms with van der Waals surface area (Å²) < 4.78 is 10.6. The zero-order valence-electron chi connectivity index (χ0n) is 12.5. The average Bonchev–Trinajstić information content (AvgIpc) is 3.13. The lowest BCUT2D eigenvalue weighted by Gasteiger charge is -2.01. The SMILES string of the molecule is COc1cccc(-c2noc(-c3sc(N)nc3C(C)C)n2)c1. The van der Waals surface area contributed by atoms with Gasteiger partial charge >= 0.3 is 0 Å². The van der Waals surface area contributed by atoms with Crippen LogP contribution in [0.5, 0.6) is 5.75 Å². The lowest BCUT2D eigenvalue weighted by atomic mass is 10.1. The number of aromatic nitrogens is 3. The van der Waals surface area contributed by atoms with Crippen molar-refractivity contribution in [3.8, 4) is 27.9 Å². The second kappa shape index (κ2) is 5.76. The standard InChI is InChI=1S/C15H16N4O2S/c1-8(2)11-12(22-15(16)17-11)14-18-13(19-21-14)9-5-4-6-10(7-9)20-3/h4-8H,1-3H3,(H2,16,17). The van der Waals surface area contributed by atoms with Gasteiger partial charge in [0.2, 0.25) is 5.82 Å². The molecule has 0 fully saturated rings. The Kier molecular flexibility index (Phi) is 3.81. The van der Waals surface area contributed by atoms with Crippen molar-refractivity contribution in [3.05, 3.63) is 30.0 Å². The van der Waals surface area contributed by atoms with Gasteiger partial charge in [0.1, 0.15) is 10.6 Å². The van der Waals surface area contributed by atoms with Crippen molar-refractivity contribution in [2.45, 2.75) is 19.8 Å². The van der Waals surface area contributed by atoms with Crippen LogP contribution in [0, 0.1) is 0 Å². The van der Waals surface area contributed by atoms with Crippen molar-refractivity contribution in [1.82, 2.24) is 15.1 Å². The van der Waals surface area contributed by atoms with Crippen molar-refractivity contribution in [3.63, 3.8) is 0 Å². The smallest absolute Gasteiger partial charge is 0.270 e. The molecule has 0 aliphatic heterocycles. The lowest BCUT2D eigenvalue weighted by molar-refractivity contribution is 0.414. The second-order valence-corrected chi connectivity index (χ2v) is 6.11. The maximum Gasteiger partial charge on any atom is 0.270 e. The molecule has 0 radical (unpaired) electrons. The molecule has 2 N–H and O–H groups in total. The molecule has 3 rings (SSSR count). The minimum atomic E-state index is 0.232. The number of benzene rings is 1. The van der Waals surface area contributed by atoms with E-state index in [4.69, 9.17) is 15.0 Å². The van der Waals surface area contributed by atoms with E-state index in [1.54, 1.807) is 7.11 Å². The Labute approximate surface area is 132 Å². The number of hydrogen-bond acceptors (Lipinski definition) is 7. The fraction of sp³-hybridized carbons (Fsp3) is 0.267. The van der Waals surface area contributed by atoms with Gasteiger partial charge in [-0.2, -0.15) is 4.98 Å². The number of nitrogens with two attached hydrogens (primary N) is 1. The molecule has 114 valence electrons. The molecule has 0 unspecified atom stereocenters. The zero-order valence-corrected chi connectivity index (χ0v) is 13.3. The number of hydrogen-bond donors (Lipinski definition) is 1. The molecule has 2 aromatic heterocycles. The Hall–Kier alpha value is -2.41. The van der Waals surface area contributed by atoms with E-state index in [1.807, 2.05) is 24.3 Å². The largest absolute Gasteiger partial charge is 0.497 e. The summed E-state index contributed by atoms with van der Waals surface area (Å²) in [5.41, 5.74) is 7.52. The van der Waals surface area contributed by atoms with Crippen molar-refractivity contribution in [1.29, 1.82) is 0 Å². The third kappa shape index (κ3) is 2.67. The molecule has 0 saturated heterocycles. The summed E-state index contributed by atoms with van der Waals surface area (Å²) in [6.45, 7) is 4.11. The van der Waals surface area contributed by atoms with E-state index >= 15 is 0 Å². The minimum Gasteiger partial charge on any atom is -0.497 e. The minimum absolute atomic E-state index is 0.232. The van der Waals surface area contributed by atoms with Crippen LogP contribution in [0.25, 0.3) is 22.2 Å². The molecule has 0 bridgehead atoms. The number of thiazole rings is 1. The monoisotopic (exact) mass is 316 g/mol. The van der Waals surface area contributed by atoms with Crippen LogP contribution < -0.4 is 10.5 Å². The second-order valence-electron chi connectivity index (χ2n) is 5.08. The van der Waals surface area contributed by atoms with Crippen molar-refractivity contribution in [2.24, 2.45) is 0 Å². The quantitative estimate of drug-likeness (QED) is 0.791. The molecule has 7 heteroatoms. The molecule has 0 aliphatic carbocycles. The average molecular weight is 316 g/mol. The van der Waals surface area contributed by atoms with Crippen LogP contribution in [0.3, 0.4) is 0 Å². The summed E-state index contributed by atoms with van der Waals surface area (Å²) in [4.78, 5) is 9.64. The molecule has 1 aromatic carbocycles. The molecule has 0 spiro atoms. The molecular weight excluding hydrogens is 300 g/mol. The van der Waals surface area contributed by atoms with Gasteiger partial charge in [0, 0.05) is 5.56 Å². The van der Waals surface area contributed by atoms with E-state index in [0.29, 0.717) is 16.8 Å². The first-order valence-corrected chi connectivity index (χ1v) is 7.65. The summed E-state index contributed by atoms with van der Waals surface area (Å²) in [7, 11) is 1.62. The predicted octanol–water partition coefficient (Wildman–Crippen LogP) is 3.57. The van der Waals surface area contributed by atoms with Crippen molar-refractivity contribution in [2.75, 3.05) is 12.8 Å². The summed E-state index contributed by atoms with van der Waals surface area (Å²) in [6, 6.07) is 7.51. The van der Waals surface area contributed by atoms with Gasteiger partial charge in [-0.25, -0.2) is 4.98 Å². The molecule has 3 aromatic rings. The molecule has 0 aliphatic rings. The highest BCUT2D eigenvalue weighted by molar-refractivity contribution is 7.18. The Morgan fingerprint density at radius 3 is 2.82 bits per heavy atom. The molecular formula is C15H16N4O2S. The first kappa shape index (κ1) is 14.5. The summed E-state index contributed by atoms with van der Waals surface area (Å²) in [5, 5.41) is 4.54. The van der Waals surface area contributed by atoms with Gasteiger partial charge in [-0.15, -0.1) is 0 Å². The Bertz CT molecular complexity index is 794. The number of nitrogen functional groups attached to an aromatic ring is 1. The van der Waals surface area contributed by atoms with Gasteiger partial charge < -0.3 is 15.0 Å². The van der Waals surface area contributed by atoms with Crippen molar-refractivity contribution >= 4 is 16.5 Å². The molecule has 2 heterocycles. The predicted molar refractivity (Wildman–Crippen MR) is 85.9 cm³/mol. The Morgan fingerprint density at radius 1 is 1.27 bits per heavy atom. The molecule has 0 atom stereocenters. The topological polar surface area (TPSA) is 87.1 Å². The van der Waals surface area contributed by atoms with E-state index < -0.39 is 0 Å². The first-order chi connectivity index (χ1) is 10.6. The van der Waals surface area contributed by atoms with Gasteiger partial charge in [-0.1, -0.05) is 42.5 Å². The highest BCUT2D eigenvalue weighted by Gasteiger charge is 2.20. The van der Waals surface area contributed by atoms with Crippen LogP contribution in [0.15, 0.2) is 28.8 Å². The highest BCUT2D eigenvalue weighted by atomic mass is 32.1. The normalized spacial score (nSPS) is 11.1. The third-order valence-corrected chi connectivity index (χ3v) is 4.05. The van der Waals surface area contributed by atoms with E-state index in [2.05, 4.69) is 29.0 Å². The van der Waals surface area contributed by atoms with Gasteiger partial charge in [0.05, 0.1) is 12.8 Å². The number of methoxy groups -OCH3 is 1.